The lowest BCUT2D eigenvalue weighted by Gasteiger charge is -2.18. The van der Waals surface area contributed by atoms with Crippen LogP contribution in [0.25, 0.3) is 11.3 Å². The monoisotopic (exact) mass is 547 g/mol. The maximum Gasteiger partial charge on any atom is 0.323 e. The number of aromatic nitrogens is 2. The van der Waals surface area contributed by atoms with Crippen molar-refractivity contribution < 1.29 is 18.3 Å². The van der Waals surface area contributed by atoms with Gasteiger partial charge in [0.05, 0.1) is 28.7 Å². The Morgan fingerprint density at radius 2 is 2.06 bits per heavy atom. The van der Waals surface area contributed by atoms with Crippen LogP contribution in [0.4, 0.5) is 25.0 Å². The minimum Gasteiger partial charge on any atom is -0.493 e. The van der Waals surface area contributed by atoms with Crippen LogP contribution in [-0.4, -0.2) is 35.0 Å². The third-order valence-electron chi connectivity index (χ3n) is 5.95. The van der Waals surface area contributed by atoms with E-state index in [1.807, 2.05) is 7.05 Å². The number of urea groups is 1. The van der Waals surface area contributed by atoms with Crippen LogP contribution in [0, 0.1) is 11.6 Å². The summed E-state index contributed by atoms with van der Waals surface area (Å²) in [6.07, 6.45) is 7.45. The number of rotatable bonds is 7. The average molecular weight is 548 g/mol. The number of nitrogens with zero attached hydrogens (tertiary/aromatic N) is 2. The first-order valence-corrected chi connectivity index (χ1v) is 12.4. The van der Waals surface area contributed by atoms with Gasteiger partial charge in [-0.25, -0.2) is 13.6 Å². The molecule has 1 fully saturated rings. The fraction of sp³-hybridized carbons (Fsp3) is 0.360. The fourth-order valence-corrected chi connectivity index (χ4v) is 4.73. The molecule has 0 bridgehead atoms. The molecule has 0 aliphatic carbocycles. The van der Waals surface area contributed by atoms with E-state index in [0.29, 0.717) is 30.2 Å². The van der Waals surface area contributed by atoms with Gasteiger partial charge < -0.3 is 20.7 Å². The first kappa shape index (κ1) is 25.1. The van der Waals surface area contributed by atoms with E-state index in [2.05, 4.69) is 37.0 Å². The minimum absolute atomic E-state index is 0.120. The van der Waals surface area contributed by atoms with Gasteiger partial charge in [-0.15, -0.1) is 0 Å². The van der Waals surface area contributed by atoms with Gasteiger partial charge in [-0.3, -0.25) is 4.68 Å². The van der Waals surface area contributed by atoms with E-state index in [-0.39, 0.29) is 5.69 Å². The largest absolute Gasteiger partial charge is 0.493 e. The molecule has 7 nitrogen and oxygen atoms in total. The standard InChI is InChI=1S/C25H28BrF2N5O2/c1-33-24(20(26)15-30-33)19-14-18(31-25(34)32-22-8-6-16(27)13-21(22)28)7-9-23(19)35-12-10-17-5-3-2-4-11-29-17/h6-9,13-15,17,29H,2-5,10-12H2,1H3,(H2,31,32,34). The Kier molecular flexibility index (Phi) is 8.35. The second kappa shape index (κ2) is 11.6. The highest BCUT2D eigenvalue weighted by Crippen LogP contribution is 2.37. The van der Waals surface area contributed by atoms with Crippen molar-refractivity contribution in [3.05, 3.63) is 58.7 Å². The smallest absolute Gasteiger partial charge is 0.323 e. The molecule has 1 aliphatic heterocycles. The third-order valence-corrected chi connectivity index (χ3v) is 6.53. The Morgan fingerprint density at radius 1 is 1.20 bits per heavy atom. The molecule has 0 spiro atoms. The topological polar surface area (TPSA) is 80.2 Å². The number of hydrogen-bond acceptors (Lipinski definition) is 4. The summed E-state index contributed by atoms with van der Waals surface area (Å²) in [5, 5.41) is 13.0. The van der Waals surface area contributed by atoms with E-state index in [0.717, 1.165) is 41.2 Å². The molecule has 186 valence electrons. The number of halogens is 3. The quantitative estimate of drug-likeness (QED) is 0.335. The van der Waals surface area contributed by atoms with Crippen molar-refractivity contribution in [3.8, 4) is 17.0 Å². The molecular weight excluding hydrogens is 520 g/mol. The second-order valence-electron chi connectivity index (χ2n) is 8.52. The van der Waals surface area contributed by atoms with Gasteiger partial charge in [0.25, 0.3) is 0 Å². The predicted molar refractivity (Wildman–Crippen MR) is 136 cm³/mol. The van der Waals surface area contributed by atoms with Gasteiger partial charge in [-0.05, 0) is 72.1 Å². The number of carbonyl (C=O) groups is 1. The van der Waals surface area contributed by atoms with E-state index in [4.69, 9.17) is 4.74 Å². The molecule has 2 amide bonds. The first-order chi connectivity index (χ1) is 16.9. The molecule has 10 heteroatoms. The van der Waals surface area contributed by atoms with Crippen molar-refractivity contribution in [1.82, 2.24) is 15.1 Å². The third kappa shape index (κ3) is 6.58. The number of amides is 2. The zero-order valence-corrected chi connectivity index (χ0v) is 21.0. The van der Waals surface area contributed by atoms with E-state index in [1.54, 1.807) is 29.1 Å². The van der Waals surface area contributed by atoms with Crippen molar-refractivity contribution in [2.24, 2.45) is 7.05 Å². The van der Waals surface area contributed by atoms with E-state index in [9.17, 15) is 13.6 Å². The number of ether oxygens (including phenoxy) is 1. The number of nitrogens with one attached hydrogen (secondary N) is 3. The predicted octanol–water partition coefficient (Wildman–Crippen LogP) is 6.07. The first-order valence-electron chi connectivity index (χ1n) is 11.6. The molecule has 2 aromatic carbocycles. The van der Waals surface area contributed by atoms with Gasteiger partial charge in [-0.2, -0.15) is 5.10 Å². The Balaban J connectivity index is 1.50. The van der Waals surface area contributed by atoms with Gasteiger partial charge in [0, 0.05) is 30.4 Å². The van der Waals surface area contributed by atoms with Crippen LogP contribution < -0.4 is 20.7 Å². The van der Waals surface area contributed by atoms with Gasteiger partial charge in [0.1, 0.15) is 17.4 Å². The molecule has 0 saturated carbocycles. The fourth-order valence-electron chi connectivity index (χ4n) is 4.17. The molecule has 3 N–H and O–H groups in total. The molecule has 1 atom stereocenters. The van der Waals surface area contributed by atoms with Crippen molar-refractivity contribution in [1.29, 1.82) is 0 Å². The SMILES string of the molecule is Cn1ncc(Br)c1-c1cc(NC(=O)Nc2ccc(F)cc2F)ccc1OCCC1CCCCCN1. The lowest BCUT2D eigenvalue weighted by Crippen LogP contribution is -2.29. The average Bonchev–Trinajstić information content (AvgIpc) is 3.00. The lowest BCUT2D eigenvalue weighted by molar-refractivity contribution is 0.262. The summed E-state index contributed by atoms with van der Waals surface area (Å²) in [7, 11) is 1.82. The number of hydrogen-bond donors (Lipinski definition) is 3. The van der Waals surface area contributed by atoms with Crippen LogP contribution in [0.15, 0.2) is 47.1 Å². The summed E-state index contributed by atoms with van der Waals surface area (Å²) in [5.41, 5.74) is 1.90. The molecule has 35 heavy (non-hydrogen) atoms. The van der Waals surface area contributed by atoms with Crippen LogP contribution in [0.1, 0.15) is 32.1 Å². The Hall–Kier alpha value is -2.98. The highest BCUT2D eigenvalue weighted by Gasteiger charge is 2.18. The Bertz CT molecular complexity index is 1160. The Labute approximate surface area is 211 Å². The molecule has 1 unspecified atom stereocenters. The van der Waals surface area contributed by atoms with Crippen molar-refractivity contribution in [2.75, 3.05) is 23.8 Å². The van der Waals surface area contributed by atoms with Crippen molar-refractivity contribution >= 4 is 33.3 Å². The molecule has 0 radical (unpaired) electrons. The number of anilines is 2. The summed E-state index contributed by atoms with van der Waals surface area (Å²) < 4.78 is 35.7. The zero-order valence-electron chi connectivity index (χ0n) is 19.4. The van der Waals surface area contributed by atoms with Crippen molar-refractivity contribution in [2.45, 2.75) is 38.1 Å². The summed E-state index contributed by atoms with van der Waals surface area (Å²) in [5.74, 6) is -0.907. The van der Waals surface area contributed by atoms with E-state index in [1.165, 1.54) is 25.3 Å². The lowest BCUT2D eigenvalue weighted by atomic mass is 10.1. The van der Waals surface area contributed by atoms with Crippen LogP contribution in [0.3, 0.4) is 0 Å². The Morgan fingerprint density at radius 3 is 2.83 bits per heavy atom. The number of aryl methyl sites for hydroxylation is 1. The molecule has 1 saturated heterocycles. The summed E-state index contributed by atoms with van der Waals surface area (Å²) >= 11 is 3.54. The van der Waals surface area contributed by atoms with Gasteiger partial charge in [0.15, 0.2) is 0 Å². The van der Waals surface area contributed by atoms with E-state index >= 15 is 0 Å². The van der Waals surface area contributed by atoms with Crippen LogP contribution in [0.2, 0.25) is 0 Å². The van der Waals surface area contributed by atoms with Gasteiger partial charge >= 0.3 is 6.03 Å². The second-order valence-corrected chi connectivity index (χ2v) is 9.37. The molecular formula is C25H28BrF2N5O2. The zero-order chi connectivity index (χ0) is 24.8. The van der Waals surface area contributed by atoms with Gasteiger partial charge in [0.2, 0.25) is 0 Å². The van der Waals surface area contributed by atoms with E-state index < -0.39 is 17.7 Å². The highest BCUT2D eigenvalue weighted by molar-refractivity contribution is 9.10. The van der Waals surface area contributed by atoms with Crippen LogP contribution in [-0.2, 0) is 7.05 Å². The maximum absolute atomic E-state index is 13.9. The summed E-state index contributed by atoms with van der Waals surface area (Å²) in [6, 6.07) is 8.04. The maximum atomic E-state index is 13.9. The van der Waals surface area contributed by atoms with Crippen LogP contribution in [0.5, 0.6) is 5.75 Å². The molecule has 1 aliphatic rings. The number of benzene rings is 2. The molecule has 1 aromatic heterocycles. The van der Waals surface area contributed by atoms with Crippen molar-refractivity contribution in [3.63, 3.8) is 0 Å². The minimum atomic E-state index is -0.855. The molecule has 2 heterocycles. The van der Waals surface area contributed by atoms with Gasteiger partial charge in [-0.1, -0.05) is 12.8 Å². The highest BCUT2D eigenvalue weighted by atomic mass is 79.9. The molecule has 4 rings (SSSR count). The number of carbonyl (C=O) groups excluding carboxylic acids is 1. The van der Waals surface area contributed by atoms with Crippen LogP contribution >= 0.6 is 15.9 Å². The summed E-state index contributed by atoms with van der Waals surface area (Å²) in [6.45, 7) is 1.60. The molecule has 3 aromatic rings. The summed E-state index contributed by atoms with van der Waals surface area (Å²) in [4.78, 5) is 12.5. The normalized spacial score (nSPS) is 15.9.